The smallest absolute Gasteiger partial charge is 0.173 e. The first kappa shape index (κ1) is 14.5. The van der Waals surface area contributed by atoms with Crippen LogP contribution in [0.25, 0.3) is 0 Å². The highest BCUT2D eigenvalue weighted by Gasteiger charge is 2.33. The Morgan fingerprint density at radius 2 is 2.14 bits per heavy atom. The van der Waals surface area contributed by atoms with Gasteiger partial charge in [-0.1, -0.05) is 43.8 Å². The number of carbonyl (C=O) groups is 1. The average Bonchev–Trinajstić information content (AvgIpc) is 2.87. The molecular formula is C17H22N2OS. The maximum atomic E-state index is 12.3. The number of aryl methyl sites for hydroxylation is 1. The van der Waals surface area contributed by atoms with Crippen LogP contribution in [0.3, 0.4) is 0 Å². The van der Waals surface area contributed by atoms with Crippen LogP contribution in [0.2, 0.25) is 0 Å². The van der Waals surface area contributed by atoms with Crippen molar-refractivity contribution in [1.29, 1.82) is 0 Å². The van der Waals surface area contributed by atoms with E-state index in [0.29, 0.717) is 0 Å². The normalized spacial score (nSPS) is 21.5. The third-order valence-corrected chi connectivity index (χ3v) is 5.43. The molecule has 4 heteroatoms. The van der Waals surface area contributed by atoms with E-state index in [0.717, 1.165) is 23.6 Å². The fraction of sp³-hybridized carbons (Fsp3) is 0.471. The van der Waals surface area contributed by atoms with Crippen LogP contribution < -0.4 is 10.2 Å². The number of benzene rings is 1. The predicted molar refractivity (Wildman–Crippen MR) is 89.2 cm³/mol. The van der Waals surface area contributed by atoms with Gasteiger partial charge in [0.2, 0.25) is 0 Å². The summed E-state index contributed by atoms with van der Waals surface area (Å²) in [6.07, 6.45) is 2.32. The molecule has 0 aromatic heterocycles. The Morgan fingerprint density at radius 3 is 2.90 bits per heavy atom. The third-order valence-electron chi connectivity index (χ3n) is 4.09. The number of fused-ring (bicyclic) bond motifs is 1. The van der Waals surface area contributed by atoms with Crippen molar-refractivity contribution in [3.05, 3.63) is 40.4 Å². The summed E-state index contributed by atoms with van der Waals surface area (Å²) in [5.41, 5.74) is 3.88. The Kier molecular flexibility index (Phi) is 3.98. The molecule has 3 rings (SSSR count). The van der Waals surface area contributed by atoms with Crippen molar-refractivity contribution in [2.45, 2.75) is 39.1 Å². The average molecular weight is 302 g/mol. The number of Topliss-reactive ketones (excluding diaryl/α,β-unsaturated/α-hetero) is 1. The van der Waals surface area contributed by atoms with Crippen LogP contribution in [0, 0.1) is 5.92 Å². The molecule has 0 fully saturated rings. The van der Waals surface area contributed by atoms with E-state index in [9.17, 15) is 4.79 Å². The van der Waals surface area contributed by atoms with Crippen LogP contribution in [0.1, 0.15) is 32.8 Å². The van der Waals surface area contributed by atoms with E-state index in [4.69, 9.17) is 0 Å². The minimum atomic E-state index is 0.0524. The maximum absolute atomic E-state index is 12.3. The van der Waals surface area contributed by atoms with Crippen molar-refractivity contribution in [1.82, 2.24) is 5.32 Å². The molecule has 0 amide bonds. The van der Waals surface area contributed by atoms with Crippen molar-refractivity contribution in [3.63, 3.8) is 0 Å². The van der Waals surface area contributed by atoms with Crippen LogP contribution in [0.4, 0.5) is 5.69 Å². The molecule has 0 saturated carbocycles. The van der Waals surface area contributed by atoms with Crippen LogP contribution in [0.5, 0.6) is 0 Å². The van der Waals surface area contributed by atoms with Crippen molar-refractivity contribution < 1.29 is 4.79 Å². The minimum absolute atomic E-state index is 0.0524. The molecule has 1 aromatic rings. The van der Waals surface area contributed by atoms with E-state index in [1.54, 1.807) is 11.8 Å². The van der Waals surface area contributed by atoms with Gasteiger partial charge < -0.3 is 10.2 Å². The molecule has 3 nitrogen and oxygen atoms in total. The van der Waals surface area contributed by atoms with Crippen molar-refractivity contribution in [2.24, 2.45) is 5.92 Å². The van der Waals surface area contributed by atoms with Crippen LogP contribution >= 0.6 is 11.8 Å². The second kappa shape index (κ2) is 5.76. The lowest BCUT2D eigenvalue weighted by molar-refractivity contribution is -0.117. The Hall–Kier alpha value is -1.42. The molecule has 0 radical (unpaired) electrons. The SMILES string of the molecule is CC1=C(C(=O)C(C)C)SC(N2CCCc3ccccc32)N1. The van der Waals surface area contributed by atoms with Gasteiger partial charge in [0.1, 0.15) is 0 Å². The summed E-state index contributed by atoms with van der Waals surface area (Å²) < 4.78 is 0. The molecule has 0 aliphatic carbocycles. The van der Waals surface area contributed by atoms with Crippen molar-refractivity contribution in [2.75, 3.05) is 11.4 Å². The zero-order chi connectivity index (χ0) is 15.0. The van der Waals surface area contributed by atoms with Gasteiger partial charge in [-0.15, -0.1) is 0 Å². The van der Waals surface area contributed by atoms with E-state index in [1.807, 2.05) is 20.8 Å². The van der Waals surface area contributed by atoms with E-state index in [1.165, 1.54) is 17.7 Å². The zero-order valence-electron chi connectivity index (χ0n) is 12.8. The van der Waals surface area contributed by atoms with E-state index in [-0.39, 0.29) is 17.2 Å². The summed E-state index contributed by atoms with van der Waals surface area (Å²) in [4.78, 5) is 15.6. The molecule has 1 unspecified atom stereocenters. The van der Waals surface area contributed by atoms with E-state index >= 15 is 0 Å². The molecule has 1 aromatic carbocycles. The lowest BCUT2D eigenvalue weighted by Gasteiger charge is -2.36. The van der Waals surface area contributed by atoms with Gasteiger partial charge in [-0.05, 0) is 31.4 Å². The fourth-order valence-electron chi connectivity index (χ4n) is 2.93. The zero-order valence-corrected chi connectivity index (χ0v) is 13.7. The molecule has 0 spiro atoms. The second-order valence-electron chi connectivity index (χ2n) is 6.01. The van der Waals surface area contributed by atoms with Gasteiger partial charge >= 0.3 is 0 Å². The molecule has 112 valence electrons. The number of nitrogens with zero attached hydrogens (tertiary/aromatic N) is 1. The molecule has 2 heterocycles. The molecule has 1 atom stereocenters. The summed E-state index contributed by atoms with van der Waals surface area (Å²) in [6, 6.07) is 8.60. The first-order valence-electron chi connectivity index (χ1n) is 7.60. The first-order valence-corrected chi connectivity index (χ1v) is 8.48. The third kappa shape index (κ3) is 2.69. The van der Waals surface area contributed by atoms with Gasteiger partial charge in [0, 0.05) is 23.8 Å². The standard InChI is InChI=1S/C17H22N2OS/c1-11(2)15(20)16-12(3)18-17(21-16)19-10-6-8-13-7-4-5-9-14(13)19/h4-5,7,9,11,17-18H,6,8,10H2,1-3H3. The molecule has 0 saturated heterocycles. The quantitative estimate of drug-likeness (QED) is 0.926. The van der Waals surface area contributed by atoms with Gasteiger partial charge in [0.05, 0.1) is 4.91 Å². The van der Waals surface area contributed by atoms with Gasteiger partial charge in [-0.3, -0.25) is 4.79 Å². The number of nitrogens with one attached hydrogen (secondary N) is 1. The molecule has 21 heavy (non-hydrogen) atoms. The molecule has 2 aliphatic rings. The number of allylic oxidation sites excluding steroid dienone is 2. The number of para-hydroxylation sites is 1. The van der Waals surface area contributed by atoms with Crippen LogP contribution in [-0.2, 0) is 11.2 Å². The topological polar surface area (TPSA) is 32.3 Å². The van der Waals surface area contributed by atoms with Gasteiger partial charge in [0.25, 0.3) is 0 Å². The molecule has 0 bridgehead atoms. The highest BCUT2D eigenvalue weighted by molar-refractivity contribution is 8.04. The summed E-state index contributed by atoms with van der Waals surface area (Å²) in [5, 5.41) is 3.50. The summed E-state index contributed by atoms with van der Waals surface area (Å²) in [6.45, 7) is 6.98. The number of hydrogen-bond acceptors (Lipinski definition) is 4. The van der Waals surface area contributed by atoms with E-state index in [2.05, 4.69) is 34.5 Å². The monoisotopic (exact) mass is 302 g/mol. The molecule has 1 N–H and O–H groups in total. The highest BCUT2D eigenvalue weighted by Crippen LogP contribution is 2.38. The largest absolute Gasteiger partial charge is 0.359 e. The Bertz CT molecular complexity index is 594. The van der Waals surface area contributed by atoms with Crippen LogP contribution in [-0.4, -0.2) is 17.8 Å². The summed E-state index contributed by atoms with van der Waals surface area (Å²) >= 11 is 1.67. The number of carbonyl (C=O) groups excluding carboxylic acids is 1. The minimum Gasteiger partial charge on any atom is -0.359 e. The Labute approximate surface area is 130 Å². The second-order valence-corrected chi connectivity index (χ2v) is 7.10. The summed E-state index contributed by atoms with van der Waals surface area (Å²) in [7, 11) is 0. The van der Waals surface area contributed by atoms with Gasteiger partial charge in [-0.2, -0.15) is 0 Å². The molecular weight excluding hydrogens is 280 g/mol. The number of ketones is 1. The first-order chi connectivity index (χ1) is 10.1. The van der Waals surface area contributed by atoms with Crippen molar-refractivity contribution >= 4 is 23.2 Å². The fourth-order valence-corrected chi connectivity index (χ4v) is 4.33. The van der Waals surface area contributed by atoms with Gasteiger partial charge in [0.15, 0.2) is 11.3 Å². The number of rotatable bonds is 3. The number of hydrogen-bond donors (Lipinski definition) is 1. The number of thioether (sulfide) groups is 1. The highest BCUT2D eigenvalue weighted by atomic mass is 32.2. The van der Waals surface area contributed by atoms with E-state index < -0.39 is 0 Å². The number of anilines is 1. The van der Waals surface area contributed by atoms with Crippen molar-refractivity contribution in [3.8, 4) is 0 Å². The molecule has 2 aliphatic heterocycles. The van der Waals surface area contributed by atoms with Crippen LogP contribution in [0.15, 0.2) is 34.9 Å². The lowest BCUT2D eigenvalue weighted by Crippen LogP contribution is -2.43. The summed E-state index contributed by atoms with van der Waals surface area (Å²) in [5.74, 6) is 0.300. The van der Waals surface area contributed by atoms with Gasteiger partial charge in [-0.25, -0.2) is 0 Å². The Balaban J connectivity index is 1.81. The predicted octanol–water partition coefficient (Wildman–Crippen LogP) is 3.52. The maximum Gasteiger partial charge on any atom is 0.173 e. The lowest BCUT2D eigenvalue weighted by atomic mass is 10.0. The Morgan fingerprint density at radius 1 is 1.38 bits per heavy atom.